The quantitative estimate of drug-likeness (QED) is 0.813. The minimum Gasteiger partial charge on any atom is -0.383 e. The third-order valence-electron chi connectivity index (χ3n) is 3.55. The number of ether oxygens (including phenoxy) is 1. The molecule has 1 saturated carbocycles. The monoisotopic (exact) mass is 318 g/mol. The number of rotatable bonds is 5. The molecule has 0 aromatic carbocycles. The molecule has 1 aliphatic carbocycles. The molecule has 1 aliphatic rings. The van der Waals surface area contributed by atoms with Crippen LogP contribution in [0.1, 0.15) is 25.7 Å². The molecule has 0 aromatic rings. The van der Waals surface area contributed by atoms with Crippen LogP contribution in [-0.4, -0.2) is 38.4 Å². The van der Waals surface area contributed by atoms with Crippen molar-refractivity contribution in [2.75, 3.05) is 20.3 Å². The molecule has 0 spiro atoms. The van der Waals surface area contributed by atoms with Gasteiger partial charge in [0.1, 0.15) is 6.04 Å². The van der Waals surface area contributed by atoms with E-state index in [4.69, 9.17) is 10.5 Å². The molecule has 20 heavy (non-hydrogen) atoms. The number of carbonyl (C=O) groups excluding carboxylic acids is 1. The summed E-state index contributed by atoms with van der Waals surface area (Å²) >= 11 is 0. The van der Waals surface area contributed by atoms with Crippen molar-refractivity contribution in [2.45, 2.75) is 37.9 Å². The summed E-state index contributed by atoms with van der Waals surface area (Å²) in [6.07, 6.45) is -2.18. The van der Waals surface area contributed by atoms with Crippen LogP contribution in [0.2, 0.25) is 0 Å². The minimum atomic E-state index is -4.19. The first kappa shape index (κ1) is 19.5. The molecular formula is C12H22ClF3N2O2. The highest BCUT2D eigenvalue weighted by Gasteiger charge is 2.45. The number of nitrogens with two attached hydrogens (primary N) is 1. The topological polar surface area (TPSA) is 64.3 Å². The molecule has 3 unspecified atom stereocenters. The zero-order valence-corrected chi connectivity index (χ0v) is 12.2. The van der Waals surface area contributed by atoms with E-state index in [0.29, 0.717) is 12.8 Å². The van der Waals surface area contributed by atoms with Crippen molar-refractivity contribution in [1.82, 2.24) is 5.32 Å². The fourth-order valence-electron chi connectivity index (χ4n) is 2.50. The number of halogens is 4. The second-order valence-corrected chi connectivity index (χ2v) is 5.00. The zero-order valence-electron chi connectivity index (χ0n) is 11.4. The number of nitrogens with one attached hydrogen (secondary N) is 1. The van der Waals surface area contributed by atoms with Gasteiger partial charge in [-0.15, -0.1) is 12.4 Å². The van der Waals surface area contributed by atoms with E-state index in [9.17, 15) is 18.0 Å². The second-order valence-electron chi connectivity index (χ2n) is 5.00. The van der Waals surface area contributed by atoms with E-state index >= 15 is 0 Å². The lowest BCUT2D eigenvalue weighted by Gasteiger charge is -2.33. The predicted octanol–water partition coefficient (Wildman–Crippen LogP) is 1.87. The number of alkyl halides is 3. The maximum absolute atomic E-state index is 12.8. The van der Waals surface area contributed by atoms with Crippen LogP contribution < -0.4 is 11.1 Å². The molecule has 8 heteroatoms. The van der Waals surface area contributed by atoms with Gasteiger partial charge in [-0.3, -0.25) is 4.79 Å². The third-order valence-corrected chi connectivity index (χ3v) is 3.55. The van der Waals surface area contributed by atoms with Crippen LogP contribution in [0.15, 0.2) is 0 Å². The predicted molar refractivity (Wildman–Crippen MR) is 71.6 cm³/mol. The average molecular weight is 319 g/mol. The summed E-state index contributed by atoms with van der Waals surface area (Å²) in [5.41, 5.74) is 5.50. The molecule has 0 aromatic heterocycles. The van der Waals surface area contributed by atoms with E-state index in [1.165, 1.54) is 7.11 Å². The van der Waals surface area contributed by atoms with Gasteiger partial charge in [0, 0.05) is 13.7 Å². The first-order valence-corrected chi connectivity index (χ1v) is 6.45. The summed E-state index contributed by atoms with van der Waals surface area (Å²) in [5, 5.41) is 2.50. The van der Waals surface area contributed by atoms with Gasteiger partial charge in [0.15, 0.2) is 0 Å². The lowest BCUT2D eigenvalue weighted by atomic mass is 9.78. The highest BCUT2D eigenvalue weighted by atomic mass is 35.5. The first-order chi connectivity index (χ1) is 8.86. The summed E-state index contributed by atoms with van der Waals surface area (Å²) in [7, 11) is 1.41. The van der Waals surface area contributed by atoms with Gasteiger partial charge in [0.25, 0.3) is 0 Å². The largest absolute Gasteiger partial charge is 0.392 e. The van der Waals surface area contributed by atoms with Gasteiger partial charge in [-0.05, 0) is 18.8 Å². The molecule has 3 N–H and O–H groups in total. The molecule has 4 nitrogen and oxygen atoms in total. The van der Waals surface area contributed by atoms with Gasteiger partial charge in [-0.2, -0.15) is 13.2 Å². The Hall–Kier alpha value is -0.530. The molecule has 1 rings (SSSR count). The Labute approximate surface area is 123 Å². The van der Waals surface area contributed by atoms with Crippen molar-refractivity contribution in [3.8, 4) is 0 Å². The Morgan fingerprint density at radius 1 is 1.40 bits per heavy atom. The first-order valence-electron chi connectivity index (χ1n) is 6.45. The molecule has 0 aliphatic heterocycles. The summed E-state index contributed by atoms with van der Waals surface area (Å²) in [6, 6.07) is -0.835. The van der Waals surface area contributed by atoms with Crippen LogP contribution in [0, 0.1) is 11.8 Å². The van der Waals surface area contributed by atoms with Crippen molar-refractivity contribution in [3.63, 3.8) is 0 Å². The number of amides is 1. The summed E-state index contributed by atoms with van der Waals surface area (Å²) in [4.78, 5) is 11.5. The fraction of sp³-hybridized carbons (Fsp3) is 0.917. The lowest BCUT2D eigenvalue weighted by molar-refractivity contribution is -0.195. The van der Waals surface area contributed by atoms with Crippen molar-refractivity contribution in [1.29, 1.82) is 0 Å². The van der Waals surface area contributed by atoms with E-state index in [1.807, 2.05) is 0 Å². The van der Waals surface area contributed by atoms with Gasteiger partial charge in [0.05, 0.1) is 12.5 Å². The van der Waals surface area contributed by atoms with Crippen molar-refractivity contribution in [3.05, 3.63) is 0 Å². The molecule has 120 valence electrons. The Morgan fingerprint density at radius 2 is 2.00 bits per heavy atom. The standard InChI is InChI=1S/C12H21F3N2O2.ClH/c1-19-7-10(16)11(18)17-6-8-4-2-3-5-9(8)12(13,14)15;/h8-10H,2-7,16H2,1H3,(H,17,18);1H. The normalized spacial score (nSPS) is 24.6. The molecule has 0 bridgehead atoms. The summed E-state index contributed by atoms with van der Waals surface area (Å²) in [5.74, 6) is -2.33. The van der Waals surface area contributed by atoms with Gasteiger partial charge in [-0.25, -0.2) is 0 Å². The Kier molecular flexibility index (Phi) is 8.46. The minimum absolute atomic E-state index is 0. The SMILES string of the molecule is COCC(N)C(=O)NCC1CCCCC1C(F)(F)F.Cl. The van der Waals surface area contributed by atoms with E-state index in [-0.39, 0.29) is 32.0 Å². The molecule has 0 radical (unpaired) electrons. The van der Waals surface area contributed by atoms with Gasteiger partial charge in [0.2, 0.25) is 5.91 Å². The maximum atomic E-state index is 12.8. The van der Waals surface area contributed by atoms with E-state index in [0.717, 1.165) is 6.42 Å². The second kappa shape index (κ2) is 8.69. The van der Waals surface area contributed by atoms with Crippen molar-refractivity contribution < 1.29 is 22.7 Å². The highest BCUT2D eigenvalue weighted by Crippen LogP contribution is 2.41. The van der Waals surface area contributed by atoms with Gasteiger partial charge < -0.3 is 15.8 Å². The average Bonchev–Trinajstić information content (AvgIpc) is 2.35. The number of hydrogen-bond donors (Lipinski definition) is 2. The molecule has 3 atom stereocenters. The van der Waals surface area contributed by atoms with Gasteiger partial charge in [-0.1, -0.05) is 12.8 Å². The fourth-order valence-corrected chi connectivity index (χ4v) is 2.50. The zero-order chi connectivity index (χ0) is 14.5. The number of carbonyl (C=O) groups is 1. The van der Waals surface area contributed by atoms with Crippen LogP contribution in [0.25, 0.3) is 0 Å². The van der Waals surface area contributed by atoms with E-state index < -0.39 is 30.0 Å². The Morgan fingerprint density at radius 3 is 2.55 bits per heavy atom. The van der Waals surface area contributed by atoms with Crippen LogP contribution in [0.3, 0.4) is 0 Å². The number of methoxy groups -OCH3 is 1. The van der Waals surface area contributed by atoms with Crippen LogP contribution in [0.4, 0.5) is 13.2 Å². The van der Waals surface area contributed by atoms with Crippen LogP contribution >= 0.6 is 12.4 Å². The Bertz CT molecular complexity index is 303. The van der Waals surface area contributed by atoms with Crippen molar-refractivity contribution >= 4 is 18.3 Å². The third kappa shape index (κ3) is 5.85. The van der Waals surface area contributed by atoms with E-state index in [1.54, 1.807) is 0 Å². The molecular weight excluding hydrogens is 297 g/mol. The van der Waals surface area contributed by atoms with Gasteiger partial charge >= 0.3 is 6.18 Å². The molecule has 0 heterocycles. The summed E-state index contributed by atoms with van der Waals surface area (Å²) in [6.45, 7) is 0.0830. The molecule has 1 fully saturated rings. The van der Waals surface area contributed by atoms with Crippen LogP contribution in [-0.2, 0) is 9.53 Å². The number of hydrogen-bond acceptors (Lipinski definition) is 3. The molecule has 0 saturated heterocycles. The summed E-state index contributed by atoms with van der Waals surface area (Å²) < 4.78 is 43.2. The molecule has 1 amide bonds. The van der Waals surface area contributed by atoms with Crippen molar-refractivity contribution in [2.24, 2.45) is 17.6 Å². The lowest BCUT2D eigenvalue weighted by Crippen LogP contribution is -2.47. The smallest absolute Gasteiger partial charge is 0.383 e. The maximum Gasteiger partial charge on any atom is 0.392 e. The highest BCUT2D eigenvalue weighted by molar-refractivity contribution is 5.85. The van der Waals surface area contributed by atoms with Crippen LogP contribution in [0.5, 0.6) is 0 Å². The Balaban J connectivity index is 0.00000361. The van der Waals surface area contributed by atoms with E-state index in [2.05, 4.69) is 5.32 Å².